The van der Waals surface area contributed by atoms with Gasteiger partial charge in [0.05, 0.1) is 0 Å². The van der Waals surface area contributed by atoms with Gasteiger partial charge >= 0.3 is 0 Å². The van der Waals surface area contributed by atoms with E-state index in [4.69, 9.17) is 0 Å². The predicted molar refractivity (Wildman–Crippen MR) is 69.0 cm³/mol. The van der Waals surface area contributed by atoms with Crippen molar-refractivity contribution in [3.05, 3.63) is 57.3 Å². The summed E-state index contributed by atoms with van der Waals surface area (Å²) in [5.74, 6) is 0.545. The number of benzene rings is 1. The van der Waals surface area contributed by atoms with Gasteiger partial charge in [-0.2, -0.15) is 0 Å². The van der Waals surface area contributed by atoms with Crippen molar-refractivity contribution in [2.24, 2.45) is 0 Å². The summed E-state index contributed by atoms with van der Waals surface area (Å²) in [6, 6.07) is 13.1. The zero-order chi connectivity index (χ0) is 11.0. The number of rotatable bonds is 1. The Bertz CT molecular complexity index is 487. The average molecular weight is 229 g/mol. The van der Waals surface area contributed by atoms with E-state index in [-0.39, 0.29) is 0 Å². The zero-order valence-electron chi connectivity index (χ0n) is 9.36. The summed E-state index contributed by atoms with van der Waals surface area (Å²) >= 11 is 1.95. The molecule has 1 N–H and O–H groups in total. The average Bonchev–Trinajstić information content (AvgIpc) is 2.70. The molecule has 2 aromatic rings. The minimum atomic E-state index is 0.545. The van der Waals surface area contributed by atoms with Gasteiger partial charge in [0, 0.05) is 28.8 Å². The van der Waals surface area contributed by atoms with Crippen LogP contribution in [0.3, 0.4) is 0 Å². The van der Waals surface area contributed by atoms with E-state index in [2.05, 4.69) is 48.6 Å². The lowest BCUT2D eigenvalue weighted by molar-refractivity contribution is 0.601. The molecule has 2 heteroatoms. The lowest BCUT2D eigenvalue weighted by atomic mass is 9.92. The fourth-order valence-corrected chi connectivity index (χ4v) is 3.59. The van der Waals surface area contributed by atoms with Crippen molar-refractivity contribution in [3.8, 4) is 0 Å². The molecule has 0 spiro atoms. The van der Waals surface area contributed by atoms with Crippen LogP contribution in [0.5, 0.6) is 0 Å². The monoisotopic (exact) mass is 229 g/mol. The third kappa shape index (κ3) is 1.68. The largest absolute Gasteiger partial charge is 0.312 e. The normalized spacial score (nSPS) is 19.4. The molecule has 0 saturated heterocycles. The van der Waals surface area contributed by atoms with Crippen LogP contribution in [-0.2, 0) is 6.54 Å². The molecule has 3 rings (SSSR count). The molecule has 2 heterocycles. The van der Waals surface area contributed by atoms with Crippen LogP contribution in [0.2, 0.25) is 0 Å². The van der Waals surface area contributed by atoms with Crippen molar-refractivity contribution in [1.29, 1.82) is 0 Å². The molecule has 1 atom stereocenters. The van der Waals surface area contributed by atoms with Crippen molar-refractivity contribution in [1.82, 2.24) is 5.32 Å². The molecular weight excluding hydrogens is 214 g/mol. The van der Waals surface area contributed by atoms with Crippen LogP contribution in [0.15, 0.2) is 36.4 Å². The van der Waals surface area contributed by atoms with Gasteiger partial charge in [-0.05, 0) is 24.1 Å². The molecule has 0 amide bonds. The molecule has 0 fully saturated rings. The summed E-state index contributed by atoms with van der Waals surface area (Å²) in [5, 5.41) is 3.51. The highest BCUT2D eigenvalue weighted by Crippen LogP contribution is 2.35. The van der Waals surface area contributed by atoms with E-state index in [0.717, 1.165) is 13.1 Å². The molecule has 0 radical (unpaired) electrons. The highest BCUT2D eigenvalue weighted by Gasteiger charge is 2.23. The van der Waals surface area contributed by atoms with Gasteiger partial charge in [0.15, 0.2) is 0 Å². The summed E-state index contributed by atoms with van der Waals surface area (Å²) in [6.07, 6.45) is 0. The van der Waals surface area contributed by atoms with Crippen molar-refractivity contribution >= 4 is 11.3 Å². The second-order valence-corrected chi connectivity index (χ2v) is 5.63. The molecule has 16 heavy (non-hydrogen) atoms. The summed E-state index contributed by atoms with van der Waals surface area (Å²) < 4.78 is 0. The first-order valence-corrected chi connectivity index (χ1v) is 6.51. The molecule has 0 bridgehead atoms. The van der Waals surface area contributed by atoms with E-state index in [9.17, 15) is 0 Å². The molecule has 0 saturated carbocycles. The minimum Gasteiger partial charge on any atom is -0.312 e. The van der Waals surface area contributed by atoms with Crippen LogP contribution in [0.1, 0.15) is 26.8 Å². The van der Waals surface area contributed by atoms with Gasteiger partial charge < -0.3 is 5.32 Å². The van der Waals surface area contributed by atoms with Crippen molar-refractivity contribution in [2.45, 2.75) is 19.4 Å². The SMILES string of the molecule is Cc1cc2c(s1)C(c1ccccc1)CNC2. The molecule has 1 unspecified atom stereocenters. The van der Waals surface area contributed by atoms with Crippen LogP contribution in [-0.4, -0.2) is 6.54 Å². The third-order valence-electron chi connectivity index (χ3n) is 3.15. The molecule has 1 aromatic heterocycles. The molecule has 1 aromatic carbocycles. The Kier molecular flexibility index (Phi) is 2.54. The van der Waals surface area contributed by atoms with Gasteiger partial charge in [-0.25, -0.2) is 0 Å². The first-order valence-electron chi connectivity index (χ1n) is 5.69. The molecule has 82 valence electrons. The summed E-state index contributed by atoms with van der Waals surface area (Å²) in [5.41, 5.74) is 2.92. The quantitative estimate of drug-likeness (QED) is 0.791. The van der Waals surface area contributed by atoms with Crippen LogP contribution in [0, 0.1) is 6.92 Å². The van der Waals surface area contributed by atoms with Crippen LogP contribution < -0.4 is 5.32 Å². The topological polar surface area (TPSA) is 12.0 Å². The fraction of sp³-hybridized carbons (Fsp3) is 0.286. The van der Waals surface area contributed by atoms with E-state index in [0.29, 0.717) is 5.92 Å². The summed E-state index contributed by atoms with van der Waals surface area (Å²) in [6.45, 7) is 4.30. The van der Waals surface area contributed by atoms with Crippen LogP contribution >= 0.6 is 11.3 Å². The molecule has 0 aliphatic carbocycles. The maximum absolute atomic E-state index is 3.51. The van der Waals surface area contributed by atoms with E-state index in [1.54, 1.807) is 4.88 Å². The lowest BCUT2D eigenvalue weighted by Gasteiger charge is -2.23. The van der Waals surface area contributed by atoms with E-state index < -0.39 is 0 Å². The molecule has 1 aliphatic heterocycles. The number of aryl methyl sites for hydroxylation is 1. The highest BCUT2D eigenvalue weighted by atomic mass is 32.1. The Balaban J connectivity index is 2.05. The number of nitrogens with one attached hydrogen (secondary N) is 1. The van der Waals surface area contributed by atoms with Gasteiger partial charge in [0.1, 0.15) is 0 Å². The smallest absolute Gasteiger partial charge is 0.0312 e. The van der Waals surface area contributed by atoms with E-state index in [1.165, 1.54) is 16.0 Å². The summed E-state index contributed by atoms with van der Waals surface area (Å²) in [4.78, 5) is 2.98. The predicted octanol–water partition coefficient (Wildman–Crippen LogP) is 3.29. The maximum atomic E-state index is 3.51. The second kappa shape index (κ2) is 4.04. The van der Waals surface area contributed by atoms with Gasteiger partial charge in [-0.15, -0.1) is 11.3 Å². The Morgan fingerprint density at radius 2 is 2.06 bits per heavy atom. The van der Waals surface area contributed by atoms with Gasteiger partial charge in [-0.3, -0.25) is 0 Å². The Morgan fingerprint density at radius 1 is 1.25 bits per heavy atom. The zero-order valence-corrected chi connectivity index (χ0v) is 10.2. The Morgan fingerprint density at radius 3 is 2.88 bits per heavy atom. The van der Waals surface area contributed by atoms with Gasteiger partial charge in [0.2, 0.25) is 0 Å². The molecule has 1 nitrogen and oxygen atoms in total. The summed E-state index contributed by atoms with van der Waals surface area (Å²) in [7, 11) is 0. The lowest BCUT2D eigenvalue weighted by Crippen LogP contribution is -2.27. The number of hydrogen-bond acceptors (Lipinski definition) is 2. The minimum absolute atomic E-state index is 0.545. The van der Waals surface area contributed by atoms with E-state index >= 15 is 0 Å². The number of hydrogen-bond donors (Lipinski definition) is 1. The van der Waals surface area contributed by atoms with Crippen molar-refractivity contribution < 1.29 is 0 Å². The second-order valence-electron chi connectivity index (χ2n) is 4.34. The fourth-order valence-electron chi connectivity index (χ4n) is 2.42. The third-order valence-corrected chi connectivity index (χ3v) is 4.35. The number of thiophene rings is 1. The molecule has 1 aliphatic rings. The first kappa shape index (κ1) is 10.1. The maximum Gasteiger partial charge on any atom is 0.0312 e. The van der Waals surface area contributed by atoms with E-state index in [1.807, 2.05) is 11.3 Å². The Labute approximate surface area is 100 Å². The standard InChI is InChI=1S/C14H15NS/c1-10-7-12-8-15-9-13(14(12)16-10)11-5-3-2-4-6-11/h2-7,13,15H,8-9H2,1H3. The first-order chi connectivity index (χ1) is 7.84. The Hall–Kier alpha value is -1.12. The van der Waals surface area contributed by atoms with Gasteiger partial charge in [-0.1, -0.05) is 30.3 Å². The number of fused-ring (bicyclic) bond motifs is 1. The van der Waals surface area contributed by atoms with Crippen LogP contribution in [0.25, 0.3) is 0 Å². The van der Waals surface area contributed by atoms with Crippen LogP contribution in [0.4, 0.5) is 0 Å². The molecular formula is C14H15NS. The van der Waals surface area contributed by atoms with Gasteiger partial charge in [0.25, 0.3) is 0 Å². The highest BCUT2D eigenvalue weighted by molar-refractivity contribution is 7.12. The van der Waals surface area contributed by atoms with Crippen molar-refractivity contribution in [2.75, 3.05) is 6.54 Å². The van der Waals surface area contributed by atoms with Crippen molar-refractivity contribution in [3.63, 3.8) is 0 Å².